The molecular weight excluding hydrogens is 457 g/mol. The van der Waals surface area contributed by atoms with Crippen molar-refractivity contribution < 1.29 is 17.9 Å². The van der Waals surface area contributed by atoms with Crippen LogP contribution in [-0.2, 0) is 0 Å². The van der Waals surface area contributed by atoms with E-state index >= 15 is 0 Å². The van der Waals surface area contributed by atoms with Crippen molar-refractivity contribution in [1.82, 2.24) is 15.0 Å². The number of piperidine rings is 1. The Bertz CT molecular complexity index is 1300. The molecule has 12 heteroatoms. The zero-order chi connectivity index (χ0) is 23.3. The molecule has 2 aliphatic rings. The van der Waals surface area contributed by atoms with Crippen LogP contribution in [0.15, 0.2) is 23.1 Å². The maximum Gasteiger partial charge on any atom is 0.573 e. The Kier molecular flexibility index (Phi) is 5.16. The quantitative estimate of drug-likeness (QED) is 0.619. The predicted molar refractivity (Wildman–Crippen MR) is 117 cm³/mol. The molecule has 0 unspecified atom stereocenters. The number of nitriles is 1. The number of alkyl halides is 3. The van der Waals surface area contributed by atoms with Gasteiger partial charge in [-0.3, -0.25) is 4.79 Å². The Hall–Kier alpha value is -3.33. The molecular formula is C21H19F3N6O2S. The summed E-state index contributed by atoms with van der Waals surface area (Å²) in [6.07, 6.45) is -2.81. The molecule has 1 N–H and O–H groups in total. The monoisotopic (exact) mass is 476 g/mol. The van der Waals surface area contributed by atoms with Crippen molar-refractivity contribution in [3.63, 3.8) is 0 Å². The van der Waals surface area contributed by atoms with Crippen LogP contribution >= 0.6 is 11.3 Å². The molecule has 5 heterocycles. The summed E-state index contributed by atoms with van der Waals surface area (Å²) in [5.41, 5.74) is 0.889. The molecule has 0 amide bonds. The fourth-order valence-corrected chi connectivity index (χ4v) is 5.60. The largest absolute Gasteiger partial charge is 0.573 e. The van der Waals surface area contributed by atoms with Crippen molar-refractivity contribution in [1.29, 1.82) is 5.26 Å². The van der Waals surface area contributed by atoms with Gasteiger partial charge in [0.2, 0.25) is 0 Å². The Balaban J connectivity index is 1.37. The summed E-state index contributed by atoms with van der Waals surface area (Å²) < 4.78 is 41.1. The minimum Gasteiger partial charge on any atom is -0.404 e. The van der Waals surface area contributed by atoms with Gasteiger partial charge >= 0.3 is 6.36 Å². The molecule has 8 nitrogen and oxygen atoms in total. The van der Waals surface area contributed by atoms with Gasteiger partial charge < -0.3 is 19.5 Å². The van der Waals surface area contributed by atoms with Crippen LogP contribution in [0.1, 0.15) is 17.0 Å². The van der Waals surface area contributed by atoms with Crippen LogP contribution in [0.25, 0.3) is 10.3 Å². The number of ether oxygens (including phenoxy) is 1. The molecule has 3 aromatic heterocycles. The number of nitrogens with one attached hydrogen (secondary N) is 1. The summed E-state index contributed by atoms with van der Waals surface area (Å²) >= 11 is 1.39. The van der Waals surface area contributed by atoms with Crippen molar-refractivity contribution in [3.05, 3.63) is 39.3 Å². The number of hydrogen-bond donors (Lipinski definition) is 1. The first-order valence-corrected chi connectivity index (χ1v) is 11.2. The number of H-pyrrole nitrogens is 1. The number of rotatable bonds is 3. The third-order valence-corrected chi connectivity index (χ3v) is 7.04. The minimum atomic E-state index is -4.75. The summed E-state index contributed by atoms with van der Waals surface area (Å²) in [6, 6.07) is 4.84. The van der Waals surface area contributed by atoms with E-state index in [1.165, 1.54) is 23.5 Å². The molecule has 0 aliphatic carbocycles. The van der Waals surface area contributed by atoms with Gasteiger partial charge in [-0.15, -0.1) is 24.5 Å². The van der Waals surface area contributed by atoms with Crippen LogP contribution in [0.3, 0.4) is 0 Å². The molecule has 0 bridgehead atoms. The van der Waals surface area contributed by atoms with Gasteiger partial charge in [-0.2, -0.15) is 5.26 Å². The summed E-state index contributed by atoms with van der Waals surface area (Å²) in [4.78, 5) is 28.8. The Morgan fingerprint density at radius 2 is 2.00 bits per heavy atom. The molecule has 3 aromatic rings. The van der Waals surface area contributed by atoms with E-state index in [-0.39, 0.29) is 17.2 Å². The van der Waals surface area contributed by atoms with E-state index < -0.39 is 11.9 Å². The van der Waals surface area contributed by atoms with Gasteiger partial charge in [-0.05, 0) is 37.3 Å². The van der Waals surface area contributed by atoms with E-state index in [1.54, 1.807) is 0 Å². The lowest BCUT2D eigenvalue weighted by atomic mass is 9.88. The number of aromatic amines is 1. The molecule has 33 heavy (non-hydrogen) atoms. The van der Waals surface area contributed by atoms with Crippen molar-refractivity contribution in [3.8, 4) is 11.8 Å². The van der Waals surface area contributed by atoms with Crippen LogP contribution in [0, 0.1) is 30.1 Å². The first-order valence-electron chi connectivity index (χ1n) is 10.4. The highest BCUT2D eigenvalue weighted by atomic mass is 32.1. The van der Waals surface area contributed by atoms with E-state index in [0.29, 0.717) is 47.4 Å². The van der Waals surface area contributed by atoms with E-state index in [2.05, 4.69) is 29.5 Å². The van der Waals surface area contributed by atoms with Crippen molar-refractivity contribution >= 4 is 33.2 Å². The summed E-state index contributed by atoms with van der Waals surface area (Å²) in [6.45, 7) is 4.62. The number of aromatic nitrogens is 3. The summed E-state index contributed by atoms with van der Waals surface area (Å²) in [5, 5.41) is 10.5. The van der Waals surface area contributed by atoms with Crippen LogP contribution in [0.4, 0.5) is 24.7 Å². The second kappa shape index (κ2) is 7.91. The number of halogens is 3. The first kappa shape index (κ1) is 21.5. The number of fused-ring (bicyclic) bond motifs is 2. The maximum absolute atomic E-state index is 12.5. The van der Waals surface area contributed by atoms with E-state index in [4.69, 9.17) is 0 Å². The number of thiazole rings is 1. The van der Waals surface area contributed by atoms with Gasteiger partial charge in [0, 0.05) is 26.2 Å². The Morgan fingerprint density at radius 1 is 1.24 bits per heavy atom. The third-order valence-electron chi connectivity index (χ3n) is 6.16. The Labute approximate surface area is 190 Å². The van der Waals surface area contributed by atoms with E-state index in [1.807, 2.05) is 13.0 Å². The lowest BCUT2D eigenvalue weighted by Gasteiger charge is -2.36. The third kappa shape index (κ3) is 4.08. The SMILES string of the molecule is Cc1nc2c(N3CC[C@@H]4CN(c5ccc(OC(F)(F)F)cn5)C[C@H]4C3)c(C#N)c(=O)[nH]c2s1. The molecule has 2 aliphatic heterocycles. The van der Waals surface area contributed by atoms with Crippen molar-refractivity contribution in [2.24, 2.45) is 11.8 Å². The van der Waals surface area contributed by atoms with Gasteiger partial charge in [0.25, 0.3) is 5.56 Å². The molecule has 0 spiro atoms. The van der Waals surface area contributed by atoms with Gasteiger partial charge in [-0.25, -0.2) is 9.97 Å². The second-order valence-electron chi connectivity index (χ2n) is 8.26. The van der Waals surface area contributed by atoms with Gasteiger partial charge in [-0.1, -0.05) is 0 Å². The molecule has 5 rings (SSSR count). The lowest BCUT2D eigenvalue weighted by Crippen LogP contribution is -2.41. The number of hydrogen-bond acceptors (Lipinski definition) is 8. The molecule has 2 atom stereocenters. The van der Waals surface area contributed by atoms with Gasteiger partial charge in [0.1, 0.15) is 33.5 Å². The maximum atomic E-state index is 12.5. The van der Waals surface area contributed by atoms with E-state index in [9.17, 15) is 23.2 Å². The highest BCUT2D eigenvalue weighted by Gasteiger charge is 2.39. The van der Waals surface area contributed by atoms with Crippen LogP contribution in [0.2, 0.25) is 0 Å². The smallest absolute Gasteiger partial charge is 0.404 e. The standard InChI is InChI=1S/C21H19F3N6O2S/c1-11-27-17-18(15(6-25)19(31)28-20(17)33-11)29-5-4-12-8-30(10-13(12)9-29)16-3-2-14(7-26-16)32-21(22,23)24/h2-3,7,12-13H,4-5,8-10H2,1H3,(H,28,31)/t12-,13-/m1/s1. The number of aryl methyl sites for hydroxylation is 1. The first-order chi connectivity index (χ1) is 15.7. The van der Waals surface area contributed by atoms with Crippen molar-refractivity contribution in [2.75, 3.05) is 36.0 Å². The zero-order valence-electron chi connectivity index (χ0n) is 17.5. The van der Waals surface area contributed by atoms with Crippen LogP contribution in [0.5, 0.6) is 5.75 Å². The molecule has 0 radical (unpaired) electrons. The average molecular weight is 476 g/mol. The summed E-state index contributed by atoms with van der Waals surface area (Å²) in [5.74, 6) is 0.883. The molecule has 2 saturated heterocycles. The molecule has 2 fully saturated rings. The predicted octanol–water partition coefficient (Wildman–Crippen LogP) is 3.42. The average Bonchev–Trinajstić information content (AvgIpc) is 3.34. The van der Waals surface area contributed by atoms with Crippen LogP contribution in [-0.4, -0.2) is 47.5 Å². The fourth-order valence-electron chi connectivity index (χ4n) is 4.79. The fraction of sp³-hybridized carbons (Fsp3) is 0.429. The molecule has 0 saturated carbocycles. The van der Waals surface area contributed by atoms with Crippen molar-refractivity contribution in [2.45, 2.75) is 19.7 Å². The minimum absolute atomic E-state index is 0.0722. The van der Waals surface area contributed by atoms with Gasteiger partial charge in [0.15, 0.2) is 0 Å². The Morgan fingerprint density at radius 3 is 2.70 bits per heavy atom. The molecule has 0 aromatic carbocycles. The highest BCUT2D eigenvalue weighted by Crippen LogP contribution is 2.38. The van der Waals surface area contributed by atoms with Gasteiger partial charge in [0.05, 0.1) is 16.9 Å². The topological polar surface area (TPSA) is 98.1 Å². The normalized spacial score (nSPS) is 20.7. The summed E-state index contributed by atoms with van der Waals surface area (Å²) in [7, 11) is 0. The lowest BCUT2D eigenvalue weighted by molar-refractivity contribution is -0.274. The number of nitrogens with zero attached hydrogens (tertiary/aromatic N) is 5. The van der Waals surface area contributed by atoms with Crippen LogP contribution < -0.4 is 20.1 Å². The zero-order valence-corrected chi connectivity index (χ0v) is 18.3. The number of pyridine rings is 2. The van der Waals surface area contributed by atoms with E-state index in [0.717, 1.165) is 24.2 Å². The highest BCUT2D eigenvalue weighted by molar-refractivity contribution is 7.18. The molecule has 172 valence electrons. The second-order valence-corrected chi connectivity index (χ2v) is 9.46. The number of anilines is 2.